The smallest absolute Gasteiger partial charge is 0.266 e. The van der Waals surface area contributed by atoms with E-state index >= 15 is 0 Å². The molecule has 4 rings (SSSR count). The van der Waals surface area contributed by atoms with Crippen LogP contribution in [0.25, 0.3) is 16.6 Å². The number of para-hydroxylation sites is 2. The Morgan fingerprint density at radius 3 is 2.39 bits per heavy atom. The Morgan fingerprint density at radius 2 is 1.61 bits per heavy atom. The van der Waals surface area contributed by atoms with Crippen LogP contribution in [-0.4, -0.2) is 21.1 Å². The average Bonchev–Trinajstić information content (AvgIpc) is 2.73. The Bertz CT molecular complexity index is 1220. The number of aryl methyl sites for hydroxylation is 1. The van der Waals surface area contributed by atoms with Gasteiger partial charge in [0, 0.05) is 5.56 Å². The standard InChI is InChI=1S/C23H18N2O2S/c1-16-9-5-8-14-20(16)25-22(27)18-12-6-7-13-19(18)24-23(25)28-15-21(26)17-10-3-2-4-11-17/h2-14H,15H2,1H3. The van der Waals surface area contributed by atoms with Crippen molar-refractivity contribution in [2.75, 3.05) is 5.75 Å². The summed E-state index contributed by atoms with van der Waals surface area (Å²) in [5, 5.41) is 1.08. The van der Waals surface area contributed by atoms with Crippen molar-refractivity contribution < 1.29 is 4.79 Å². The Labute approximate surface area is 166 Å². The van der Waals surface area contributed by atoms with Crippen LogP contribution in [0.2, 0.25) is 0 Å². The van der Waals surface area contributed by atoms with E-state index in [1.54, 1.807) is 22.8 Å². The van der Waals surface area contributed by atoms with Crippen molar-refractivity contribution in [3.05, 3.63) is 100 Å². The third-order valence-electron chi connectivity index (χ3n) is 4.53. The first kappa shape index (κ1) is 18.2. The molecule has 1 aromatic heterocycles. The molecule has 0 N–H and O–H groups in total. The van der Waals surface area contributed by atoms with Crippen LogP contribution in [0, 0.1) is 6.92 Å². The molecule has 0 aliphatic carbocycles. The zero-order chi connectivity index (χ0) is 19.5. The maximum absolute atomic E-state index is 13.2. The van der Waals surface area contributed by atoms with E-state index in [1.165, 1.54) is 11.8 Å². The number of benzene rings is 3. The van der Waals surface area contributed by atoms with Crippen LogP contribution < -0.4 is 5.56 Å². The van der Waals surface area contributed by atoms with Gasteiger partial charge in [0.15, 0.2) is 10.9 Å². The van der Waals surface area contributed by atoms with Gasteiger partial charge in [-0.3, -0.25) is 14.2 Å². The predicted molar refractivity (Wildman–Crippen MR) is 114 cm³/mol. The van der Waals surface area contributed by atoms with Gasteiger partial charge in [0.25, 0.3) is 5.56 Å². The number of nitrogens with zero attached hydrogens (tertiary/aromatic N) is 2. The SMILES string of the molecule is Cc1ccccc1-n1c(SCC(=O)c2ccccc2)nc2ccccc2c1=O. The Balaban J connectivity index is 1.80. The molecule has 0 atom stereocenters. The molecule has 0 saturated carbocycles. The van der Waals surface area contributed by atoms with Crippen LogP contribution in [0.1, 0.15) is 15.9 Å². The van der Waals surface area contributed by atoms with Crippen LogP contribution in [-0.2, 0) is 0 Å². The molecule has 0 bridgehead atoms. The zero-order valence-corrected chi connectivity index (χ0v) is 16.1. The highest BCUT2D eigenvalue weighted by Crippen LogP contribution is 2.23. The molecular weight excluding hydrogens is 368 g/mol. The van der Waals surface area contributed by atoms with Gasteiger partial charge in [0.05, 0.1) is 22.3 Å². The summed E-state index contributed by atoms with van der Waals surface area (Å²) in [6.07, 6.45) is 0. The average molecular weight is 386 g/mol. The van der Waals surface area contributed by atoms with E-state index in [-0.39, 0.29) is 17.1 Å². The van der Waals surface area contributed by atoms with Gasteiger partial charge in [-0.1, -0.05) is 72.4 Å². The first-order valence-electron chi connectivity index (χ1n) is 8.94. The zero-order valence-electron chi connectivity index (χ0n) is 15.3. The minimum Gasteiger partial charge on any atom is -0.293 e. The number of thioether (sulfide) groups is 1. The van der Waals surface area contributed by atoms with Gasteiger partial charge in [-0.15, -0.1) is 0 Å². The lowest BCUT2D eigenvalue weighted by atomic mass is 10.2. The van der Waals surface area contributed by atoms with Gasteiger partial charge in [-0.05, 0) is 30.7 Å². The second-order valence-electron chi connectivity index (χ2n) is 6.42. The first-order valence-corrected chi connectivity index (χ1v) is 9.92. The molecule has 0 aliphatic rings. The van der Waals surface area contributed by atoms with E-state index in [9.17, 15) is 9.59 Å². The van der Waals surface area contributed by atoms with Crippen LogP contribution >= 0.6 is 11.8 Å². The molecule has 4 aromatic rings. The second-order valence-corrected chi connectivity index (χ2v) is 7.36. The van der Waals surface area contributed by atoms with E-state index < -0.39 is 0 Å². The Morgan fingerprint density at radius 1 is 0.929 bits per heavy atom. The van der Waals surface area contributed by atoms with Gasteiger partial charge in [-0.2, -0.15) is 0 Å². The molecule has 0 unspecified atom stereocenters. The van der Waals surface area contributed by atoms with Crippen molar-refractivity contribution in [1.29, 1.82) is 0 Å². The summed E-state index contributed by atoms with van der Waals surface area (Å²) in [5.41, 5.74) is 2.90. The molecule has 28 heavy (non-hydrogen) atoms. The summed E-state index contributed by atoms with van der Waals surface area (Å²) >= 11 is 1.28. The number of hydrogen-bond acceptors (Lipinski definition) is 4. The number of aromatic nitrogens is 2. The third kappa shape index (κ3) is 3.49. The van der Waals surface area contributed by atoms with Crippen LogP contribution in [0.4, 0.5) is 0 Å². The predicted octanol–water partition coefficient (Wildman–Crippen LogP) is 4.67. The quantitative estimate of drug-likeness (QED) is 0.284. The van der Waals surface area contributed by atoms with Crippen molar-refractivity contribution >= 4 is 28.4 Å². The highest BCUT2D eigenvalue weighted by atomic mass is 32.2. The summed E-state index contributed by atoms with van der Waals surface area (Å²) in [6.45, 7) is 1.96. The lowest BCUT2D eigenvalue weighted by molar-refractivity contribution is 0.102. The lowest BCUT2D eigenvalue weighted by Crippen LogP contribution is -2.23. The van der Waals surface area contributed by atoms with Gasteiger partial charge >= 0.3 is 0 Å². The van der Waals surface area contributed by atoms with Crippen molar-refractivity contribution in [2.24, 2.45) is 0 Å². The van der Waals surface area contributed by atoms with E-state index in [0.717, 1.165) is 11.3 Å². The van der Waals surface area contributed by atoms with Gasteiger partial charge in [0.1, 0.15) is 0 Å². The van der Waals surface area contributed by atoms with Crippen molar-refractivity contribution in [1.82, 2.24) is 9.55 Å². The summed E-state index contributed by atoms with van der Waals surface area (Å²) < 4.78 is 1.61. The molecule has 4 nitrogen and oxygen atoms in total. The number of Topliss-reactive ketones (excluding diaryl/α,β-unsaturated/α-hetero) is 1. The number of ketones is 1. The molecular formula is C23H18N2O2S. The van der Waals surface area contributed by atoms with E-state index in [1.807, 2.05) is 67.6 Å². The summed E-state index contributed by atoms with van der Waals surface area (Å²) in [6, 6.07) is 24.1. The molecule has 3 aromatic carbocycles. The lowest BCUT2D eigenvalue weighted by Gasteiger charge is -2.15. The summed E-state index contributed by atoms with van der Waals surface area (Å²) in [7, 11) is 0. The fourth-order valence-corrected chi connectivity index (χ4v) is 3.97. The molecule has 0 saturated heterocycles. The van der Waals surface area contributed by atoms with Gasteiger partial charge in [0.2, 0.25) is 0 Å². The minimum atomic E-state index is -0.130. The van der Waals surface area contributed by atoms with E-state index in [4.69, 9.17) is 4.98 Å². The number of carbonyl (C=O) groups excluding carboxylic acids is 1. The van der Waals surface area contributed by atoms with Gasteiger partial charge in [-0.25, -0.2) is 4.98 Å². The maximum Gasteiger partial charge on any atom is 0.266 e. The molecule has 0 radical (unpaired) electrons. The van der Waals surface area contributed by atoms with Crippen molar-refractivity contribution in [3.63, 3.8) is 0 Å². The largest absolute Gasteiger partial charge is 0.293 e. The molecule has 0 amide bonds. The number of rotatable bonds is 5. The van der Waals surface area contributed by atoms with E-state index in [2.05, 4.69) is 0 Å². The third-order valence-corrected chi connectivity index (χ3v) is 5.47. The molecule has 138 valence electrons. The van der Waals surface area contributed by atoms with Crippen LogP contribution in [0.5, 0.6) is 0 Å². The summed E-state index contributed by atoms with van der Waals surface area (Å²) in [4.78, 5) is 30.5. The fraction of sp³-hybridized carbons (Fsp3) is 0.0870. The Hall–Kier alpha value is -3.18. The topological polar surface area (TPSA) is 52.0 Å². The minimum absolute atomic E-state index is 0.00402. The Kier molecular flexibility index (Phi) is 5.08. The normalized spacial score (nSPS) is 10.9. The fourth-order valence-electron chi connectivity index (χ4n) is 3.07. The number of fused-ring (bicyclic) bond motifs is 1. The van der Waals surface area contributed by atoms with E-state index in [0.29, 0.717) is 21.6 Å². The summed E-state index contributed by atoms with van der Waals surface area (Å²) in [5.74, 6) is 0.213. The molecule has 0 fully saturated rings. The van der Waals surface area contributed by atoms with Crippen molar-refractivity contribution in [3.8, 4) is 5.69 Å². The monoisotopic (exact) mass is 386 g/mol. The maximum atomic E-state index is 13.2. The molecule has 1 heterocycles. The highest BCUT2D eigenvalue weighted by Gasteiger charge is 2.16. The molecule has 5 heteroatoms. The van der Waals surface area contributed by atoms with Crippen molar-refractivity contribution in [2.45, 2.75) is 12.1 Å². The number of carbonyl (C=O) groups is 1. The first-order chi connectivity index (χ1) is 13.6. The molecule has 0 aliphatic heterocycles. The highest BCUT2D eigenvalue weighted by molar-refractivity contribution is 7.99. The van der Waals surface area contributed by atoms with Gasteiger partial charge < -0.3 is 0 Å². The van der Waals surface area contributed by atoms with Crippen LogP contribution in [0.15, 0.2) is 88.8 Å². The van der Waals surface area contributed by atoms with Crippen LogP contribution in [0.3, 0.4) is 0 Å². The second kappa shape index (κ2) is 7.82. The molecule has 0 spiro atoms. The number of hydrogen-bond donors (Lipinski definition) is 0.